The van der Waals surface area contributed by atoms with Crippen molar-refractivity contribution in [2.75, 3.05) is 0 Å². The molecule has 0 saturated carbocycles. The molecule has 0 aromatic carbocycles. The van der Waals surface area contributed by atoms with Gasteiger partial charge in [-0.25, -0.2) is 8.42 Å². The normalized spacial score (nSPS) is 12.3. The molecule has 0 aliphatic carbocycles. The Labute approximate surface area is 104 Å². The van der Waals surface area contributed by atoms with Gasteiger partial charge in [0.25, 0.3) is 5.09 Å². The van der Waals surface area contributed by atoms with Crippen LogP contribution in [-0.2, 0) is 15.5 Å². The smallest absolute Gasteiger partial charge is 0.742 e. The topological polar surface area (TPSA) is 96.1 Å². The Morgan fingerprint density at radius 2 is 1.86 bits per heavy atom. The van der Waals surface area contributed by atoms with Gasteiger partial charge in [-0.15, -0.1) is 5.10 Å². The van der Waals surface area contributed by atoms with Gasteiger partial charge in [-0.05, 0) is 0 Å². The van der Waals surface area contributed by atoms with Gasteiger partial charge in [0.1, 0.15) is 5.69 Å². The van der Waals surface area contributed by atoms with Gasteiger partial charge in [0.15, 0.2) is 10.1 Å². The molecule has 0 radical (unpaired) electrons. The van der Waals surface area contributed by atoms with Gasteiger partial charge in [-0.1, -0.05) is 20.8 Å². The van der Waals surface area contributed by atoms with E-state index >= 15 is 0 Å². The second kappa shape index (κ2) is 4.28. The van der Waals surface area contributed by atoms with Gasteiger partial charge < -0.3 is 9.08 Å². The molecule has 0 saturated heterocycles. The van der Waals surface area contributed by atoms with Gasteiger partial charge >= 0.3 is 29.6 Å². The Balaban J connectivity index is 0.00000169. The quantitative estimate of drug-likeness (QED) is 0.382. The molecule has 0 aliphatic heterocycles. The van der Waals surface area contributed by atoms with E-state index in [1.54, 1.807) is 20.8 Å². The minimum Gasteiger partial charge on any atom is -0.742 e. The van der Waals surface area contributed by atoms with E-state index in [0.717, 1.165) is 0 Å². The van der Waals surface area contributed by atoms with Crippen molar-refractivity contribution in [1.29, 1.82) is 0 Å². The first-order valence-corrected chi connectivity index (χ1v) is 4.92. The van der Waals surface area contributed by atoms with E-state index < -0.39 is 20.6 Å². The third-order valence-corrected chi connectivity index (χ3v) is 2.12. The largest absolute Gasteiger partial charge is 1.00 e. The maximum atomic E-state index is 10.6. The van der Waals surface area contributed by atoms with E-state index in [4.69, 9.17) is 0 Å². The summed E-state index contributed by atoms with van der Waals surface area (Å²) >= 11 is 0. The molecule has 74 valence electrons. The Morgan fingerprint density at radius 1 is 1.36 bits per heavy atom. The van der Waals surface area contributed by atoms with Gasteiger partial charge in [0, 0.05) is 10.7 Å². The molecule has 14 heavy (non-hydrogen) atoms. The van der Waals surface area contributed by atoms with Crippen molar-refractivity contribution in [2.24, 2.45) is 0 Å². The van der Waals surface area contributed by atoms with Crippen LogP contribution in [0.3, 0.4) is 0 Å². The molecule has 0 bridgehead atoms. The number of hydrogen-bond donors (Lipinski definition) is 0. The SMILES string of the molecule is CC(C)(C)c1nnoc1S(=O)(=O)[O-].[Na+]. The molecule has 0 atom stereocenters. The predicted octanol–water partition coefficient (Wildman–Crippen LogP) is -2.72. The van der Waals surface area contributed by atoms with Crippen LogP contribution in [0.25, 0.3) is 0 Å². The Bertz CT molecular complexity index is 406. The van der Waals surface area contributed by atoms with Crippen LogP contribution in [0.5, 0.6) is 0 Å². The van der Waals surface area contributed by atoms with Gasteiger partial charge in [0.2, 0.25) is 0 Å². The molecule has 1 heterocycles. The first-order valence-electron chi connectivity index (χ1n) is 3.51. The summed E-state index contributed by atoms with van der Waals surface area (Å²) in [6, 6.07) is 0. The summed E-state index contributed by atoms with van der Waals surface area (Å²) in [5.41, 5.74) is -0.519. The molecular formula is C6H9N2NaO4S. The van der Waals surface area contributed by atoms with Crippen LogP contribution in [0.1, 0.15) is 26.5 Å². The van der Waals surface area contributed by atoms with Crippen molar-refractivity contribution in [2.45, 2.75) is 31.3 Å². The number of hydrogen-bond acceptors (Lipinski definition) is 6. The maximum absolute atomic E-state index is 10.6. The Hall–Kier alpha value is 0.0500. The second-order valence-corrected chi connectivity index (χ2v) is 4.89. The minimum absolute atomic E-state index is 0. The molecule has 0 unspecified atom stereocenters. The first kappa shape index (κ1) is 14.1. The van der Waals surface area contributed by atoms with Crippen LogP contribution in [0.4, 0.5) is 0 Å². The molecule has 1 aromatic heterocycles. The second-order valence-electron chi connectivity index (χ2n) is 3.61. The molecule has 6 nitrogen and oxygen atoms in total. The maximum Gasteiger partial charge on any atom is 1.00 e. The van der Waals surface area contributed by atoms with Crippen molar-refractivity contribution < 1.29 is 47.1 Å². The van der Waals surface area contributed by atoms with Crippen molar-refractivity contribution in [3.05, 3.63) is 5.69 Å². The molecule has 1 rings (SSSR count). The molecule has 0 N–H and O–H groups in total. The fraction of sp³-hybridized carbons (Fsp3) is 0.667. The Kier molecular flexibility index (Phi) is 4.29. The van der Waals surface area contributed by atoms with E-state index in [9.17, 15) is 13.0 Å². The van der Waals surface area contributed by atoms with E-state index in [1.807, 2.05) is 0 Å². The molecular weight excluding hydrogens is 219 g/mol. The van der Waals surface area contributed by atoms with Crippen LogP contribution < -0.4 is 29.6 Å². The third kappa shape index (κ3) is 3.03. The van der Waals surface area contributed by atoms with Crippen LogP contribution in [0.15, 0.2) is 9.62 Å². The standard InChI is InChI=1S/C6H10N2O4S.Na/c1-6(2,3)4-5(12-8-7-4)13(9,10)11;/h1-3H3,(H,9,10,11);/q;+1/p-1. The zero-order chi connectivity index (χ0) is 10.3. The van der Waals surface area contributed by atoms with E-state index in [-0.39, 0.29) is 35.3 Å². The molecule has 1 aromatic rings. The van der Waals surface area contributed by atoms with Crippen molar-refractivity contribution >= 4 is 10.1 Å². The average molecular weight is 228 g/mol. The van der Waals surface area contributed by atoms with Crippen molar-refractivity contribution in [3.63, 3.8) is 0 Å². The number of rotatable bonds is 1. The fourth-order valence-electron chi connectivity index (χ4n) is 0.803. The van der Waals surface area contributed by atoms with Crippen LogP contribution in [0.2, 0.25) is 0 Å². The molecule has 0 amide bonds. The van der Waals surface area contributed by atoms with Gasteiger partial charge in [-0.3, -0.25) is 0 Å². The molecule has 0 fully saturated rings. The van der Waals surface area contributed by atoms with E-state index in [0.29, 0.717) is 0 Å². The number of aromatic nitrogens is 2. The third-order valence-electron chi connectivity index (χ3n) is 1.40. The molecule has 0 aliphatic rings. The summed E-state index contributed by atoms with van der Waals surface area (Å²) in [6.07, 6.45) is 0. The van der Waals surface area contributed by atoms with Gasteiger partial charge in [0.05, 0.1) is 0 Å². The minimum atomic E-state index is -4.61. The molecule has 0 spiro atoms. The zero-order valence-electron chi connectivity index (χ0n) is 8.44. The average Bonchev–Trinajstić information content (AvgIpc) is 2.27. The van der Waals surface area contributed by atoms with Crippen molar-refractivity contribution in [1.82, 2.24) is 10.4 Å². The van der Waals surface area contributed by atoms with Crippen LogP contribution in [-0.4, -0.2) is 23.3 Å². The van der Waals surface area contributed by atoms with Crippen LogP contribution >= 0.6 is 0 Å². The first-order chi connectivity index (χ1) is 5.73. The predicted molar refractivity (Wildman–Crippen MR) is 41.0 cm³/mol. The summed E-state index contributed by atoms with van der Waals surface area (Å²) in [5.74, 6) is 0. The summed E-state index contributed by atoms with van der Waals surface area (Å²) in [5, 5.41) is 5.81. The Morgan fingerprint density at radius 3 is 2.14 bits per heavy atom. The summed E-state index contributed by atoms with van der Waals surface area (Å²) in [7, 11) is -4.61. The van der Waals surface area contributed by atoms with Gasteiger partial charge in [-0.2, -0.15) is 0 Å². The summed E-state index contributed by atoms with van der Waals surface area (Å²) in [6.45, 7) is 5.13. The molecule has 8 heteroatoms. The summed E-state index contributed by atoms with van der Waals surface area (Å²) < 4.78 is 36.2. The van der Waals surface area contributed by atoms with E-state index in [1.165, 1.54) is 0 Å². The summed E-state index contributed by atoms with van der Waals surface area (Å²) in [4.78, 5) is 0. The van der Waals surface area contributed by atoms with Crippen molar-refractivity contribution in [3.8, 4) is 0 Å². The van der Waals surface area contributed by atoms with E-state index in [2.05, 4.69) is 14.9 Å². The zero-order valence-corrected chi connectivity index (χ0v) is 11.3. The van der Waals surface area contributed by atoms with Crippen LogP contribution in [0, 0.1) is 0 Å². The fourth-order valence-corrected chi connectivity index (χ4v) is 1.51. The number of nitrogens with zero attached hydrogens (tertiary/aromatic N) is 2. The monoisotopic (exact) mass is 228 g/mol.